The van der Waals surface area contributed by atoms with Crippen molar-refractivity contribution in [3.05, 3.63) is 33.3 Å². The highest BCUT2D eigenvalue weighted by Gasteiger charge is 2.31. The van der Waals surface area contributed by atoms with Gasteiger partial charge in [-0.2, -0.15) is 9.61 Å². The fourth-order valence-corrected chi connectivity index (χ4v) is 3.86. The van der Waals surface area contributed by atoms with E-state index in [0.29, 0.717) is 26.3 Å². The number of nitrogens with zero attached hydrogens (tertiary/aromatic N) is 4. The van der Waals surface area contributed by atoms with Gasteiger partial charge in [-0.05, 0) is 24.8 Å². The lowest BCUT2D eigenvalue weighted by Gasteiger charge is -2.25. The highest BCUT2D eigenvalue weighted by atomic mass is 16.5. The number of rotatable bonds is 7. The summed E-state index contributed by atoms with van der Waals surface area (Å²) in [7, 11) is 0. The third-order valence-electron chi connectivity index (χ3n) is 5.67. The fourth-order valence-electron chi connectivity index (χ4n) is 3.86. The van der Waals surface area contributed by atoms with Crippen LogP contribution in [-0.4, -0.2) is 74.3 Å². The lowest BCUT2D eigenvalue weighted by atomic mass is 10.1. The minimum Gasteiger partial charge on any atom is -0.492 e. The maximum Gasteiger partial charge on any atom is 0.270 e. The molecule has 2 aliphatic rings. The molecular formula is C22H28N6O6. The number of carbonyl (C=O) groups is 3. The van der Waals surface area contributed by atoms with Gasteiger partial charge in [-0.15, -0.1) is 0 Å². The van der Waals surface area contributed by atoms with Gasteiger partial charge in [-0.25, -0.2) is 0 Å². The summed E-state index contributed by atoms with van der Waals surface area (Å²) >= 11 is 0. The number of nitrogens with one attached hydrogen (secondary N) is 1. The first-order valence-electron chi connectivity index (χ1n) is 11.2. The van der Waals surface area contributed by atoms with Gasteiger partial charge in [0.1, 0.15) is 0 Å². The van der Waals surface area contributed by atoms with Crippen LogP contribution in [0.3, 0.4) is 0 Å². The molecule has 12 nitrogen and oxygen atoms in total. The number of nitrogens with two attached hydrogens (primary N) is 1. The topological polar surface area (TPSA) is 161 Å². The maximum atomic E-state index is 13.4. The average Bonchev–Trinajstić information content (AvgIpc) is 3.52. The Morgan fingerprint density at radius 2 is 1.94 bits per heavy atom. The molecule has 0 atom stereocenters. The Kier molecular flexibility index (Phi) is 6.42. The molecule has 2 aromatic heterocycles. The Labute approximate surface area is 195 Å². The number of aromatic nitrogens is 3. The predicted octanol–water partition coefficient (Wildman–Crippen LogP) is -0.279. The Bertz CT molecular complexity index is 1230. The summed E-state index contributed by atoms with van der Waals surface area (Å²) < 4.78 is 7.50. The van der Waals surface area contributed by atoms with Gasteiger partial charge in [0.25, 0.3) is 17.4 Å². The van der Waals surface area contributed by atoms with Crippen molar-refractivity contribution >= 4 is 29.4 Å². The Hall–Kier alpha value is -3.67. The van der Waals surface area contributed by atoms with E-state index < -0.39 is 28.8 Å². The Morgan fingerprint density at radius 1 is 1.26 bits per heavy atom. The third kappa shape index (κ3) is 4.53. The van der Waals surface area contributed by atoms with E-state index in [-0.39, 0.29) is 41.3 Å². The van der Waals surface area contributed by atoms with Crippen molar-refractivity contribution in [2.24, 2.45) is 11.7 Å². The molecule has 0 bridgehead atoms. The fraction of sp³-hybridized carbons (Fsp3) is 0.500. The van der Waals surface area contributed by atoms with Crippen LogP contribution in [0.15, 0.2) is 10.9 Å². The molecule has 182 valence electrons. The van der Waals surface area contributed by atoms with Crippen LogP contribution in [0.1, 0.15) is 53.1 Å². The van der Waals surface area contributed by atoms with Crippen molar-refractivity contribution in [2.45, 2.75) is 39.3 Å². The number of aromatic hydroxyl groups is 1. The van der Waals surface area contributed by atoms with E-state index in [9.17, 15) is 24.3 Å². The van der Waals surface area contributed by atoms with Crippen LogP contribution in [0.2, 0.25) is 0 Å². The summed E-state index contributed by atoms with van der Waals surface area (Å²) in [5.41, 5.74) is 4.29. The van der Waals surface area contributed by atoms with Crippen molar-refractivity contribution in [1.82, 2.24) is 24.4 Å². The van der Waals surface area contributed by atoms with Gasteiger partial charge in [0.05, 0.1) is 18.8 Å². The zero-order valence-electron chi connectivity index (χ0n) is 19.1. The van der Waals surface area contributed by atoms with Crippen LogP contribution >= 0.6 is 0 Å². The second-order valence-electron chi connectivity index (χ2n) is 8.89. The minimum atomic E-state index is -0.908. The molecule has 0 unspecified atom stereocenters. The van der Waals surface area contributed by atoms with Crippen LogP contribution in [-0.2, 0) is 16.1 Å². The molecule has 0 spiro atoms. The van der Waals surface area contributed by atoms with Crippen molar-refractivity contribution in [3.8, 4) is 5.88 Å². The van der Waals surface area contributed by atoms with Crippen molar-refractivity contribution in [2.75, 3.05) is 26.3 Å². The molecule has 1 saturated heterocycles. The number of amides is 3. The zero-order valence-corrected chi connectivity index (χ0v) is 19.1. The predicted molar refractivity (Wildman–Crippen MR) is 121 cm³/mol. The first-order chi connectivity index (χ1) is 16.2. The van der Waals surface area contributed by atoms with Crippen molar-refractivity contribution in [3.63, 3.8) is 0 Å². The lowest BCUT2D eigenvalue weighted by molar-refractivity contribution is -0.129. The number of hydrogen-bond donors (Lipinski definition) is 3. The van der Waals surface area contributed by atoms with Crippen molar-refractivity contribution in [1.29, 1.82) is 0 Å². The van der Waals surface area contributed by atoms with Gasteiger partial charge in [0.2, 0.25) is 11.8 Å². The first-order valence-corrected chi connectivity index (χ1v) is 11.2. The van der Waals surface area contributed by atoms with Gasteiger partial charge in [-0.1, -0.05) is 13.8 Å². The van der Waals surface area contributed by atoms with Gasteiger partial charge in [-0.3, -0.25) is 23.7 Å². The molecule has 1 aliphatic carbocycles. The van der Waals surface area contributed by atoms with Gasteiger partial charge < -0.3 is 25.8 Å². The summed E-state index contributed by atoms with van der Waals surface area (Å²) in [6.45, 7) is 5.64. The largest absolute Gasteiger partial charge is 0.492 e. The maximum absolute atomic E-state index is 13.4. The molecule has 12 heteroatoms. The van der Waals surface area contributed by atoms with Crippen LogP contribution in [0.5, 0.6) is 5.88 Å². The number of hydrogen-bond acceptors (Lipinski definition) is 7. The van der Waals surface area contributed by atoms with Gasteiger partial charge in [0, 0.05) is 31.8 Å². The number of primary amides is 1. The zero-order chi connectivity index (χ0) is 24.6. The van der Waals surface area contributed by atoms with E-state index in [4.69, 9.17) is 10.5 Å². The summed E-state index contributed by atoms with van der Waals surface area (Å²) in [6.07, 6.45) is 4.23. The van der Waals surface area contributed by atoms with E-state index in [1.54, 1.807) is 4.90 Å². The number of carbonyl (C=O) groups excluding carboxylic acids is 3. The second-order valence-corrected chi connectivity index (χ2v) is 8.89. The normalized spacial score (nSPS) is 16.5. The monoisotopic (exact) mass is 472 g/mol. The smallest absolute Gasteiger partial charge is 0.270 e. The molecule has 1 aliphatic heterocycles. The molecule has 2 aromatic rings. The standard InChI is InChI=1S/C22H28N6O6/c1-12(2)11-27-20-14(5-6-15(29)26-7-9-34-10-8-26)17(18(23)30)25-28(20)22(33)16(21(27)32)19(31)24-13-3-4-13/h5-6,12-13,33H,3-4,7-11H2,1-2H3,(H2,23,30)(H,24,31). The molecular weight excluding hydrogens is 444 g/mol. The van der Waals surface area contributed by atoms with Crippen molar-refractivity contribution < 1.29 is 24.2 Å². The van der Waals surface area contributed by atoms with Gasteiger partial charge >= 0.3 is 0 Å². The number of ether oxygens (including phenoxy) is 1. The second kappa shape index (κ2) is 9.29. The van der Waals surface area contributed by atoms with Crippen LogP contribution in [0, 0.1) is 5.92 Å². The summed E-state index contributed by atoms with van der Waals surface area (Å²) in [4.78, 5) is 52.5. The molecule has 0 radical (unpaired) electrons. The SMILES string of the molecule is CC(C)Cn1c(=O)c(C(=O)NC2CC2)c(O)n2nc(C(N)=O)c(C=CC(=O)N3CCOCC3)c12. The third-order valence-corrected chi connectivity index (χ3v) is 5.67. The number of morpholine rings is 1. The molecule has 34 heavy (non-hydrogen) atoms. The minimum absolute atomic E-state index is 0.0240. The lowest BCUT2D eigenvalue weighted by Crippen LogP contribution is -2.39. The van der Waals surface area contributed by atoms with E-state index in [1.807, 2.05) is 13.8 Å². The van der Waals surface area contributed by atoms with Crippen LogP contribution in [0.4, 0.5) is 0 Å². The first kappa shape index (κ1) is 23.5. The van der Waals surface area contributed by atoms with E-state index in [0.717, 1.165) is 17.4 Å². The van der Waals surface area contributed by atoms with E-state index in [2.05, 4.69) is 10.4 Å². The summed E-state index contributed by atoms with van der Waals surface area (Å²) in [5, 5.41) is 17.7. The Balaban J connectivity index is 1.88. The molecule has 1 saturated carbocycles. The highest BCUT2D eigenvalue weighted by Crippen LogP contribution is 2.25. The van der Waals surface area contributed by atoms with Crippen LogP contribution in [0.25, 0.3) is 11.7 Å². The van der Waals surface area contributed by atoms with E-state index in [1.165, 1.54) is 16.7 Å². The molecule has 4 N–H and O–H groups in total. The average molecular weight is 473 g/mol. The molecule has 4 rings (SSSR count). The molecule has 3 amide bonds. The quantitative estimate of drug-likeness (QED) is 0.467. The molecule has 3 heterocycles. The molecule has 0 aromatic carbocycles. The summed E-state index contributed by atoms with van der Waals surface area (Å²) in [6, 6.07) is -0.0379. The summed E-state index contributed by atoms with van der Waals surface area (Å²) in [5.74, 6) is -2.64. The van der Waals surface area contributed by atoms with Gasteiger partial charge in [0.15, 0.2) is 16.9 Å². The van der Waals surface area contributed by atoms with Crippen LogP contribution < -0.4 is 16.6 Å². The van der Waals surface area contributed by atoms with E-state index >= 15 is 0 Å². The number of fused-ring (bicyclic) bond motifs is 1. The molecule has 2 fully saturated rings. The Morgan fingerprint density at radius 3 is 2.53 bits per heavy atom. The highest BCUT2D eigenvalue weighted by molar-refractivity contribution is 6.01.